The van der Waals surface area contributed by atoms with Crippen LogP contribution >= 0.6 is 22.6 Å². The molecule has 0 radical (unpaired) electrons. The number of H-pyrrole nitrogens is 1. The minimum Gasteiger partial charge on any atom is -0.488 e. The van der Waals surface area contributed by atoms with Crippen LogP contribution in [0.1, 0.15) is 51.0 Å². The number of alkyl carbamates (subject to hydrolysis) is 1. The molecule has 3 atom stereocenters. The number of aromatic amines is 1. The number of rotatable bonds is 8. The van der Waals surface area contributed by atoms with Crippen LogP contribution < -0.4 is 10.1 Å². The Morgan fingerprint density at radius 2 is 1.68 bits per heavy atom. The molecule has 10 heteroatoms. The van der Waals surface area contributed by atoms with Gasteiger partial charge in [0.05, 0.1) is 6.54 Å². The van der Waals surface area contributed by atoms with Gasteiger partial charge in [0.25, 0.3) is 0 Å². The topological polar surface area (TPSA) is 121 Å². The zero-order valence-corrected chi connectivity index (χ0v) is 26.9. The lowest BCUT2D eigenvalue weighted by Gasteiger charge is -2.53. The van der Waals surface area contributed by atoms with Gasteiger partial charge < -0.3 is 29.8 Å². The maximum atomic E-state index is 14.5. The van der Waals surface area contributed by atoms with Gasteiger partial charge in [-0.2, -0.15) is 0 Å². The molecule has 2 aromatic carbocycles. The van der Waals surface area contributed by atoms with Crippen LogP contribution in [-0.2, 0) is 20.7 Å². The number of carbonyl (C=O) groups excluding carboxylic acids is 2. The first-order valence-corrected chi connectivity index (χ1v) is 16.7. The number of hydrogen-bond acceptors (Lipinski definition) is 5. The highest BCUT2D eigenvalue weighted by molar-refractivity contribution is 14.1. The van der Waals surface area contributed by atoms with Crippen LogP contribution in [0.4, 0.5) is 4.79 Å². The molecule has 3 N–H and O–H groups in total. The quantitative estimate of drug-likeness (QED) is 0.256. The smallest absolute Gasteiger partial charge is 0.408 e. The molecule has 4 saturated carbocycles. The van der Waals surface area contributed by atoms with E-state index >= 15 is 0 Å². The summed E-state index contributed by atoms with van der Waals surface area (Å²) in [5, 5.41) is 14.1. The Balaban J connectivity index is 1.14. The molecule has 1 saturated heterocycles. The van der Waals surface area contributed by atoms with E-state index in [0.29, 0.717) is 17.6 Å². The van der Waals surface area contributed by atoms with Gasteiger partial charge in [-0.3, -0.25) is 4.79 Å². The molecule has 9 nitrogen and oxygen atoms in total. The van der Waals surface area contributed by atoms with Crippen LogP contribution in [0.3, 0.4) is 0 Å². The molecule has 1 aliphatic heterocycles. The van der Waals surface area contributed by atoms with E-state index < -0.39 is 35.7 Å². The Bertz CT molecular complexity index is 1540. The number of amides is 2. The lowest BCUT2D eigenvalue weighted by molar-refractivity contribution is -0.151. The van der Waals surface area contributed by atoms with Gasteiger partial charge in [0, 0.05) is 33.5 Å². The molecule has 3 aromatic rings. The number of aromatic nitrogens is 1. The number of halogens is 1. The monoisotopic (exact) mass is 711 g/mol. The van der Waals surface area contributed by atoms with Crippen molar-refractivity contribution in [2.75, 3.05) is 6.54 Å². The van der Waals surface area contributed by atoms with Crippen LogP contribution in [0.15, 0.2) is 54.7 Å². The predicted molar refractivity (Wildman–Crippen MR) is 172 cm³/mol. The van der Waals surface area contributed by atoms with Gasteiger partial charge in [-0.15, -0.1) is 0 Å². The summed E-state index contributed by atoms with van der Waals surface area (Å²) in [6, 6.07) is 14.2. The Hall–Kier alpha value is -3.28. The summed E-state index contributed by atoms with van der Waals surface area (Å²) in [6.07, 6.45) is 6.62. The second-order valence-corrected chi connectivity index (χ2v) is 14.8. The summed E-state index contributed by atoms with van der Waals surface area (Å²) >= 11 is 2.21. The molecule has 4 bridgehead atoms. The van der Waals surface area contributed by atoms with E-state index in [1.807, 2.05) is 54.7 Å². The number of carbonyl (C=O) groups is 3. The van der Waals surface area contributed by atoms with Crippen molar-refractivity contribution < 1.29 is 29.0 Å². The fourth-order valence-corrected chi connectivity index (χ4v) is 9.00. The minimum absolute atomic E-state index is 0.0948. The number of fused-ring (bicyclic) bond motifs is 1. The second kappa shape index (κ2) is 11.6. The van der Waals surface area contributed by atoms with E-state index in [0.717, 1.165) is 57.6 Å². The zero-order valence-electron chi connectivity index (χ0n) is 24.7. The number of aliphatic carboxylic acids is 1. The molecule has 5 fully saturated rings. The highest BCUT2D eigenvalue weighted by Gasteiger charge is 2.51. The molecule has 2 amide bonds. The summed E-state index contributed by atoms with van der Waals surface area (Å²) in [5.74, 6) is 1.29. The van der Waals surface area contributed by atoms with Crippen molar-refractivity contribution in [2.45, 2.75) is 75.7 Å². The standard InChI is InChI=1S/C34H38IN3O6/c1-34(16-23-17-36-28-5-3-2-4-27(23)28,37-33(42)44-30-21-11-19-10-20(13-21)14-22(30)12-19)32(41)38-18-26(15-29(38)31(39)40)43-25-8-6-24(35)7-9-25/h2-9,17,19-22,26,29-30,36H,10-16,18H2,1H3,(H,37,42)(H,39,40)/t19?,20?,21?,22?,26-,29-,30?,34-/m1/s1. The van der Waals surface area contributed by atoms with E-state index in [4.69, 9.17) is 9.47 Å². The fourth-order valence-electron chi connectivity index (χ4n) is 8.64. The van der Waals surface area contributed by atoms with Crippen molar-refractivity contribution in [1.82, 2.24) is 15.2 Å². The highest BCUT2D eigenvalue weighted by Crippen LogP contribution is 2.54. The van der Waals surface area contributed by atoms with Crippen LogP contribution in [-0.4, -0.2) is 63.3 Å². The highest BCUT2D eigenvalue weighted by atomic mass is 127. The van der Waals surface area contributed by atoms with Gasteiger partial charge in [-0.05, 0) is 121 Å². The van der Waals surface area contributed by atoms with Crippen molar-refractivity contribution in [3.8, 4) is 5.75 Å². The number of hydrogen-bond donors (Lipinski definition) is 3. The van der Waals surface area contributed by atoms with E-state index in [1.54, 1.807) is 6.92 Å². The molecule has 5 aliphatic rings. The second-order valence-electron chi connectivity index (χ2n) is 13.5. The number of carboxylic acids is 1. The lowest BCUT2D eigenvalue weighted by atomic mass is 9.55. The number of para-hydroxylation sites is 1. The Labute approximate surface area is 270 Å². The molecular formula is C34H38IN3O6. The molecule has 2 heterocycles. The van der Waals surface area contributed by atoms with E-state index in [9.17, 15) is 19.5 Å². The van der Waals surface area contributed by atoms with Gasteiger partial charge in [-0.1, -0.05) is 18.2 Å². The van der Waals surface area contributed by atoms with Crippen LogP contribution in [0.5, 0.6) is 5.75 Å². The summed E-state index contributed by atoms with van der Waals surface area (Å²) in [7, 11) is 0. The first-order valence-electron chi connectivity index (χ1n) is 15.6. The maximum Gasteiger partial charge on any atom is 0.408 e. The van der Waals surface area contributed by atoms with E-state index in [-0.39, 0.29) is 25.5 Å². The van der Waals surface area contributed by atoms with Crippen molar-refractivity contribution in [3.05, 3.63) is 63.9 Å². The third-order valence-electron chi connectivity index (χ3n) is 10.4. The average molecular weight is 712 g/mol. The molecule has 1 aromatic heterocycles. The summed E-state index contributed by atoms with van der Waals surface area (Å²) in [6.45, 7) is 1.78. The van der Waals surface area contributed by atoms with Crippen molar-refractivity contribution in [3.63, 3.8) is 0 Å². The van der Waals surface area contributed by atoms with Crippen molar-refractivity contribution in [2.24, 2.45) is 23.7 Å². The number of carboxylic acid groups (broad SMARTS) is 1. The molecule has 44 heavy (non-hydrogen) atoms. The van der Waals surface area contributed by atoms with Gasteiger partial charge in [0.1, 0.15) is 29.5 Å². The Kier molecular flexibility index (Phi) is 7.74. The number of nitrogens with zero attached hydrogens (tertiary/aromatic N) is 1. The van der Waals surface area contributed by atoms with Crippen LogP contribution in [0.25, 0.3) is 10.9 Å². The van der Waals surface area contributed by atoms with Gasteiger partial charge in [0.15, 0.2) is 0 Å². The molecular weight excluding hydrogens is 673 g/mol. The number of likely N-dealkylation sites (tertiary alicyclic amines) is 1. The van der Waals surface area contributed by atoms with Gasteiger partial charge in [0.2, 0.25) is 5.91 Å². The maximum absolute atomic E-state index is 14.5. The fraction of sp³-hybridized carbons (Fsp3) is 0.500. The lowest BCUT2D eigenvalue weighted by Crippen LogP contribution is -2.61. The number of nitrogens with one attached hydrogen (secondary N) is 2. The van der Waals surface area contributed by atoms with Crippen LogP contribution in [0, 0.1) is 27.2 Å². The minimum atomic E-state index is -1.46. The molecule has 4 aliphatic carbocycles. The summed E-state index contributed by atoms with van der Waals surface area (Å²) in [4.78, 5) is 45.2. The summed E-state index contributed by atoms with van der Waals surface area (Å²) < 4.78 is 13.3. The third kappa shape index (κ3) is 5.65. The molecule has 0 spiro atoms. The van der Waals surface area contributed by atoms with Gasteiger partial charge in [-0.25, -0.2) is 9.59 Å². The largest absolute Gasteiger partial charge is 0.488 e. The molecule has 8 rings (SSSR count). The molecule has 0 unspecified atom stereocenters. The average Bonchev–Trinajstić information content (AvgIpc) is 3.60. The molecule has 232 valence electrons. The SMILES string of the molecule is C[C@](Cc1c[nH]c2ccccc12)(NC(=O)OC1C2CC3CC(C2)CC1C3)C(=O)N1C[C@H](Oc2ccc(I)cc2)C[C@@H]1C(=O)O. The number of ether oxygens (including phenoxy) is 2. The zero-order chi connectivity index (χ0) is 30.6. The Morgan fingerprint density at radius 1 is 1.00 bits per heavy atom. The Morgan fingerprint density at radius 3 is 2.36 bits per heavy atom. The first kappa shape index (κ1) is 29.4. The van der Waals surface area contributed by atoms with E-state index in [2.05, 4.69) is 32.9 Å². The van der Waals surface area contributed by atoms with Crippen molar-refractivity contribution in [1.29, 1.82) is 0 Å². The van der Waals surface area contributed by atoms with Gasteiger partial charge >= 0.3 is 12.1 Å². The normalized spacial score (nSPS) is 30.2. The summed E-state index contributed by atoms with van der Waals surface area (Å²) in [5.41, 5.74) is 0.313. The third-order valence-corrected chi connectivity index (χ3v) is 11.1. The van der Waals surface area contributed by atoms with Crippen LogP contribution in [0.2, 0.25) is 0 Å². The van der Waals surface area contributed by atoms with Crippen molar-refractivity contribution >= 4 is 51.5 Å². The first-order chi connectivity index (χ1) is 21.1. The van der Waals surface area contributed by atoms with E-state index in [1.165, 1.54) is 11.3 Å². The predicted octanol–water partition coefficient (Wildman–Crippen LogP) is 5.76. The number of benzene rings is 2.